The average molecular weight is 384 g/mol. The number of carbonyl (C=O) groups is 1. The molecular formula is C17H18F2N2O4S. The van der Waals surface area contributed by atoms with E-state index in [0.717, 1.165) is 18.4 Å². The zero-order valence-electron chi connectivity index (χ0n) is 14.2. The highest BCUT2D eigenvalue weighted by molar-refractivity contribution is 7.92. The van der Waals surface area contributed by atoms with Crippen LogP contribution < -0.4 is 14.4 Å². The molecule has 0 unspecified atom stereocenters. The number of halogens is 2. The van der Waals surface area contributed by atoms with Gasteiger partial charge in [0, 0.05) is 11.8 Å². The number of anilines is 2. The molecule has 0 heterocycles. The van der Waals surface area contributed by atoms with Crippen LogP contribution in [0.15, 0.2) is 42.5 Å². The number of hydrogen-bond donors (Lipinski definition) is 1. The van der Waals surface area contributed by atoms with Crippen molar-refractivity contribution in [3.63, 3.8) is 0 Å². The molecule has 0 aliphatic heterocycles. The smallest absolute Gasteiger partial charge is 0.245 e. The number of nitrogens with one attached hydrogen (secondary N) is 1. The first-order chi connectivity index (χ1) is 12.2. The van der Waals surface area contributed by atoms with Gasteiger partial charge < -0.3 is 10.1 Å². The van der Waals surface area contributed by atoms with Crippen LogP contribution in [0.3, 0.4) is 0 Å². The van der Waals surface area contributed by atoms with Crippen molar-refractivity contribution in [1.29, 1.82) is 0 Å². The van der Waals surface area contributed by atoms with Crippen molar-refractivity contribution in [2.45, 2.75) is 6.92 Å². The van der Waals surface area contributed by atoms with Crippen LogP contribution in [0.2, 0.25) is 0 Å². The lowest BCUT2D eigenvalue weighted by Crippen LogP contribution is -2.38. The summed E-state index contributed by atoms with van der Waals surface area (Å²) in [5.74, 6) is -1.98. The lowest BCUT2D eigenvalue weighted by atomic mass is 10.3. The van der Waals surface area contributed by atoms with Gasteiger partial charge in [0.15, 0.2) is 0 Å². The molecule has 1 amide bonds. The Bertz CT molecular complexity index is 886. The van der Waals surface area contributed by atoms with Gasteiger partial charge in [0.1, 0.15) is 23.9 Å². The summed E-state index contributed by atoms with van der Waals surface area (Å²) in [6, 6.07) is 8.91. The Balaban J connectivity index is 2.17. The van der Waals surface area contributed by atoms with E-state index in [4.69, 9.17) is 4.74 Å². The van der Waals surface area contributed by atoms with Crippen LogP contribution in [0.5, 0.6) is 5.75 Å². The minimum absolute atomic E-state index is 0.407. The number of benzene rings is 2. The van der Waals surface area contributed by atoms with Crippen molar-refractivity contribution in [3.05, 3.63) is 54.1 Å². The molecule has 1 N–H and O–H groups in total. The van der Waals surface area contributed by atoms with Gasteiger partial charge in [-0.2, -0.15) is 0 Å². The standard InChI is InChI=1S/C17H18F2N2O4S/c1-3-25-14-7-5-13(6-8-14)20-17(22)11-21(26(2,23)24)16-9-4-12(18)10-15(16)19/h4-10H,3,11H2,1-2H3,(H,20,22). The molecular weight excluding hydrogens is 366 g/mol. The topological polar surface area (TPSA) is 75.7 Å². The summed E-state index contributed by atoms with van der Waals surface area (Å²) < 4.78 is 56.7. The second-order valence-electron chi connectivity index (χ2n) is 5.37. The summed E-state index contributed by atoms with van der Waals surface area (Å²) in [6.07, 6.45) is 0.833. The quantitative estimate of drug-likeness (QED) is 0.797. The van der Waals surface area contributed by atoms with Gasteiger partial charge in [-0.3, -0.25) is 9.10 Å². The monoisotopic (exact) mass is 384 g/mol. The maximum Gasteiger partial charge on any atom is 0.245 e. The van der Waals surface area contributed by atoms with E-state index in [0.29, 0.717) is 28.4 Å². The van der Waals surface area contributed by atoms with E-state index in [1.807, 2.05) is 6.92 Å². The van der Waals surface area contributed by atoms with Crippen molar-refractivity contribution in [1.82, 2.24) is 0 Å². The van der Waals surface area contributed by atoms with E-state index in [1.165, 1.54) is 0 Å². The van der Waals surface area contributed by atoms with Crippen LogP contribution in [0.25, 0.3) is 0 Å². The molecule has 0 radical (unpaired) electrons. The maximum atomic E-state index is 13.9. The molecule has 2 rings (SSSR count). The van der Waals surface area contributed by atoms with Crippen LogP contribution in [0, 0.1) is 11.6 Å². The Kier molecular flexibility index (Phi) is 6.14. The molecule has 6 nitrogen and oxygen atoms in total. The van der Waals surface area contributed by atoms with Gasteiger partial charge >= 0.3 is 0 Å². The van der Waals surface area contributed by atoms with Gasteiger partial charge in [-0.15, -0.1) is 0 Å². The van der Waals surface area contributed by atoms with Gasteiger partial charge in [0.2, 0.25) is 15.9 Å². The van der Waals surface area contributed by atoms with Gasteiger partial charge in [0.25, 0.3) is 0 Å². The number of hydrogen-bond acceptors (Lipinski definition) is 4. The molecule has 0 saturated heterocycles. The van der Waals surface area contributed by atoms with E-state index in [2.05, 4.69) is 5.32 Å². The number of sulfonamides is 1. The first-order valence-corrected chi connectivity index (χ1v) is 9.51. The van der Waals surface area contributed by atoms with Gasteiger partial charge in [-0.05, 0) is 43.3 Å². The zero-order valence-corrected chi connectivity index (χ0v) is 15.0. The number of rotatable bonds is 7. The zero-order chi connectivity index (χ0) is 19.3. The van der Waals surface area contributed by atoms with E-state index in [9.17, 15) is 22.0 Å². The minimum atomic E-state index is -3.96. The first kappa shape index (κ1) is 19.6. The third kappa shape index (κ3) is 5.16. The molecule has 140 valence electrons. The van der Waals surface area contributed by atoms with Gasteiger partial charge in [-0.25, -0.2) is 17.2 Å². The highest BCUT2D eigenvalue weighted by atomic mass is 32.2. The number of amides is 1. The molecule has 26 heavy (non-hydrogen) atoms. The molecule has 9 heteroatoms. The van der Waals surface area contributed by atoms with Crippen LogP contribution >= 0.6 is 0 Å². The first-order valence-electron chi connectivity index (χ1n) is 7.66. The Morgan fingerprint density at radius 2 is 1.81 bits per heavy atom. The normalized spacial score (nSPS) is 11.1. The molecule has 2 aromatic rings. The number of carbonyl (C=O) groups excluding carboxylic acids is 1. The highest BCUT2D eigenvalue weighted by Gasteiger charge is 2.24. The summed E-state index contributed by atoms with van der Waals surface area (Å²) in [5, 5.41) is 2.52. The van der Waals surface area contributed by atoms with Crippen LogP contribution in [-0.4, -0.2) is 33.7 Å². The fourth-order valence-corrected chi connectivity index (χ4v) is 3.05. The average Bonchev–Trinajstić information content (AvgIpc) is 2.54. The van der Waals surface area contributed by atoms with E-state index < -0.39 is 39.8 Å². The van der Waals surface area contributed by atoms with Crippen molar-refractivity contribution >= 4 is 27.3 Å². The molecule has 0 bridgehead atoms. The maximum absolute atomic E-state index is 13.9. The minimum Gasteiger partial charge on any atom is -0.494 e. The Labute approximate surface area is 150 Å². The van der Waals surface area contributed by atoms with Crippen molar-refractivity contribution in [2.24, 2.45) is 0 Å². The molecule has 0 saturated carbocycles. The lowest BCUT2D eigenvalue weighted by Gasteiger charge is -2.22. The molecule has 0 aliphatic rings. The van der Waals surface area contributed by atoms with E-state index in [1.54, 1.807) is 24.3 Å². The molecule has 0 aliphatic carbocycles. The third-order valence-corrected chi connectivity index (χ3v) is 4.44. The lowest BCUT2D eigenvalue weighted by molar-refractivity contribution is -0.114. The summed E-state index contributed by atoms with van der Waals surface area (Å²) in [6.45, 7) is 1.68. The second kappa shape index (κ2) is 8.13. The predicted molar refractivity (Wildman–Crippen MR) is 94.8 cm³/mol. The van der Waals surface area contributed by atoms with Gasteiger partial charge in [0.05, 0.1) is 18.6 Å². The Morgan fingerprint density at radius 1 is 1.15 bits per heavy atom. The largest absolute Gasteiger partial charge is 0.494 e. The fraction of sp³-hybridized carbons (Fsp3) is 0.235. The van der Waals surface area contributed by atoms with Crippen molar-refractivity contribution in [2.75, 3.05) is 29.0 Å². The summed E-state index contributed by atoms with van der Waals surface area (Å²) >= 11 is 0. The molecule has 0 atom stereocenters. The van der Waals surface area contributed by atoms with E-state index in [-0.39, 0.29) is 0 Å². The highest BCUT2D eigenvalue weighted by Crippen LogP contribution is 2.23. The molecule has 2 aromatic carbocycles. The third-order valence-electron chi connectivity index (χ3n) is 3.32. The van der Waals surface area contributed by atoms with Crippen LogP contribution in [0.1, 0.15) is 6.92 Å². The van der Waals surface area contributed by atoms with Crippen molar-refractivity contribution in [3.8, 4) is 5.75 Å². The van der Waals surface area contributed by atoms with Crippen LogP contribution in [0.4, 0.5) is 20.2 Å². The molecule has 0 spiro atoms. The summed E-state index contributed by atoms with van der Waals surface area (Å²) in [4.78, 5) is 12.2. The Morgan fingerprint density at radius 3 is 2.35 bits per heavy atom. The summed E-state index contributed by atoms with van der Waals surface area (Å²) in [7, 11) is -3.96. The van der Waals surface area contributed by atoms with Crippen LogP contribution in [-0.2, 0) is 14.8 Å². The Hall–Kier alpha value is -2.68. The van der Waals surface area contributed by atoms with Gasteiger partial charge in [-0.1, -0.05) is 0 Å². The summed E-state index contributed by atoms with van der Waals surface area (Å²) in [5.41, 5.74) is 0.0159. The SMILES string of the molecule is CCOc1ccc(NC(=O)CN(c2ccc(F)cc2F)S(C)(=O)=O)cc1. The fourth-order valence-electron chi connectivity index (χ4n) is 2.20. The van der Waals surface area contributed by atoms with Crippen molar-refractivity contribution < 1.29 is 26.7 Å². The second-order valence-corrected chi connectivity index (χ2v) is 7.28. The number of nitrogens with zero attached hydrogens (tertiary/aromatic N) is 1. The number of ether oxygens (including phenoxy) is 1. The van der Waals surface area contributed by atoms with E-state index >= 15 is 0 Å². The molecule has 0 fully saturated rings. The molecule has 0 aromatic heterocycles. The predicted octanol–water partition coefficient (Wildman–Crippen LogP) is 2.77.